The Morgan fingerprint density at radius 2 is 2.00 bits per heavy atom. The first kappa shape index (κ1) is 21.5. The largest absolute Gasteiger partial charge is 0.495 e. The number of nitrogens with one attached hydrogen (secondary N) is 2. The standard InChI is InChI=1S/C22H20FN5O3/c1-24-13-28(2)19(29)12-25-22(30)16-9-11-18-20(21(16)31-3)17(26-27-18)10-6-14-4-7-15(23)8-5-14/h4-11H,12-13H2,2-3H3,(H,25,30)(H,26,27). The van der Waals surface area contributed by atoms with Gasteiger partial charge in [0, 0.05) is 7.05 Å². The van der Waals surface area contributed by atoms with Crippen LogP contribution in [0.25, 0.3) is 27.9 Å². The number of aromatic nitrogens is 2. The minimum absolute atomic E-state index is 0.0806. The van der Waals surface area contributed by atoms with Gasteiger partial charge in [0.15, 0.2) is 0 Å². The fourth-order valence-electron chi connectivity index (χ4n) is 2.94. The van der Waals surface area contributed by atoms with E-state index in [4.69, 9.17) is 11.3 Å². The summed E-state index contributed by atoms with van der Waals surface area (Å²) >= 11 is 0. The van der Waals surface area contributed by atoms with E-state index in [0.29, 0.717) is 22.3 Å². The van der Waals surface area contributed by atoms with Gasteiger partial charge in [-0.05, 0) is 35.9 Å². The van der Waals surface area contributed by atoms with Crippen LogP contribution in [0.5, 0.6) is 5.75 Å². The molecule has 0 bridgehead atoms. The van der Waals surface area contributed by atoms with Gasteiger partial charge in [-0.3, -0.25) is 24.4 Å². The number of ether oxygens (including phenoxy) is 1. The van der Waals surface area contributed by atoms with Crippen LogP contribution in [0.15, 0.2) is 36.4 Å². The van der Waals surface area contributed by atoms with Crippen LogP contribution < -0.4 is 10.1 Å². The molecule has 0 saturated heterocycles. The maximum absolute atomic E-state index is 13.1. The molecule has 0 radical (unpaired) electrons. The van der Waals surface area contributed by atoms with E-state index in [9.17, 15) is 14.0 Å². The highest BCUT2D eigenvalue weighted by molar-refractivity contribution is 6.06. The molecule has 0 atom stereocenters. The number of nitrogens with zero attached hydrogens (tertiary/aromatic N) is 3. The molecular formula is C22H20FN5O3. The van der Waals surface area contributed by atoms with Crippen LogP contribution in [-0.4, -0.2) is 54.3 Å². The summed E-state index contributed by atoms with van der Waals surface area (Å²) in [7, 11) is 2.94. The summed E-state index contributed by atoms with van der Waals surface area (Å²) in [6, 6.07) is 9.28. The number of amides is 2. The minimum Gasteiger partial charge on any atom is -0.495 e. The van der Waals surface area contributed by atoms with Crippen LogP contribution in [0, 0.1) is 12.4 Å². The Kier molecular flexibility index (Phi) is 6.62. The topological polar surface area (TPSA) is 91.7 Å². The second kappa shape index (κ2) is 9.54. The predicted octanol–water partition coefficient (Wildman–Crippen LogP) is 2.95. The van der Waals surface area contributed by atoms with Gasteiger partial charge in [0.1, 0.15) is 11.6 Å². The number of likely N-dealkylation sites (N-methyl/N-ethyl adjacent to an activating group) is 1. The van der Waals surface area contributed by atoms with Gasteiger partial charge in [0.05, 0.1) is 35.8 Å². The first-order valence-electron chi connectivity index (χ1n) is 9.28. The molecule has 3 aromatic rings. The molecule has 0 aliphatic rings. The van der Waals surface area contributed by atoms with Crippen LogP contribution in [0.2, 0.25) is 0 Å². The minimum atomic E-state index is -0.488. The maximum atomic E-state index is 13.1. The lowest BCUT2D eigenvalue weighted by Gasteiger charge is -2.13. The summed E-state index contributed by atoms with van der Waals surface area (Å²) < 4.78 is 18.6. The lowest BCUT2D eigenvalue weighted by Crippen LogP contribution is -2.38. The molecule has 0 saturated carbocycles. The monoisotopic (exact) mass is 421 g/mol. The molecule has 0 aliphatic carbocycles. The number of halogens is 1. The van der Waals surface area contributed by atoms with E-state index >= 15 is 0 Å². The molecule has 0 spiro atoms. The van der Waals surface area contributed by atoms with E-state index < -0.39 is 5.91 Å². The van der Waals surface area contributed by atoms with Gasteiger partial charge in [0.2, 0.25) is 5.91 Å². The molecule has 158 valence electrons. The molecule has 2 aromatic carbocycles. The summed E-state index contributed by atoms with van der Waals surface area (Å²) in [6.45, 7) is 6.48. The number of carbonyl (C=O) groups excluding carboxylic acids is 2. The van der Waals surface area contributed by atoms with Crippen molar-refractivity contribution in [3.8, 4) is 5.75 Å². The number of H-pyrrole nitrogens is 1. The average molecular weight is 421 g/mol. The number of aromatic amines is 1. The van der Waals surface area contributed by atoms with Crippen molar-refractivity contribution in [1.29, 1.82) is 0 Å². The van der Waals surface area contributed by atoms with Crippen LogP contribution in [-0.2, 0) is 4.79 Å². The van der Waals surface area contributed by atoms with Crippen molar-refractivity contribution in [2.24, 2.45) is 0 Å². The van der Waals surface area contributed by atoms with E-state index in [-0.39, 0.29) is 30.5 Å². The molecule has 9 heteroatoms. The number of benzene rings is 2. The number of rotatable bonds is 7. The molecule has 8 nitrogen and oxygen atoms in total. The normalized spacial score (nSPS) is 10.8. The summed E-state index contributed by atoms with van der Waals surface area (Å²) in [5.41, 5.74) is 2.24. The lowest BCUT2D eigenvalue weighted by atomic mass is 10.1. The second-order valence-corrected chi connectivity index (χ2v) is 6.64. The van der Waals surface area contributed by atoms with Gasteiger partial charge in [0.25, 0.3) is 12.6 Å². The number of methoxy groups -OCH3 is 1. The van der Waals surface area contributed by atoms with Crippen molar-refractivity contribution in [1.82, 2.24) is 20.4 Å². The Morgan fingerprint density at radius 1 is 1.26 bits per heavy atom. The Balaban J connectivity index is 1.87. The Morgan fingerprint density at radius 3 is 2.68 bits per heavy atom. The summed E-state index contributed by atoms with van der Waals surface area (Å²) in [5.74, 6) is -0.878. The average Bonchev–Trinajstić information content (AvgIpc) is 3.19. The van der Waals surface area contributed by atoms with E-state index in [1.54, 1.807) is 36.4 Å². The molecule has 1 aromatic heterocycles. The Hall–Kier alpha value is -4.19. The van der Waals surface area contributed by atoms with E-state index in [0.717, 1.165) is 5.56 Å². The number of hydrogen-bond donors (Lipinski definition) is 2. The van der Waals surface area contributed by atoms with Crippen molar-refractivity contribution in [2.45, 2.75) is 0 Å². The van der Waals surface area contributed by atoms with Crippen molar-refractivity contribution in [3.05, 3.63) is 70.5 Å². The zero-order chi connectivity index (χ0) is 22.4. The molecule has 0 aliphatic heterocycles. The third kappa shape index (κ3) is 4.87. The van der Waals surface area contributed by atoms with Gasteiger partial charge in [-0.15, -0.1) is 0 Å². The van der Waals surface area contributed by atoms with Crippen molar-refractivity contribution < 1.29 is 18.7 Å². The fourth-order valence-corrected chi connectivity index (χ4v) is 2.94. The summed E-state index contributed by atoms with van der Waals surface area (Å²) in [5, 5.41) is 10.3. The summed E-state index contributed by atoms with van der Waals surface area (Å²) in [6.07, 6.45) is 3.51. The Bertz CT molecular complexity index is 1180. The molecule has 0 fully saturated rings. The smallest absolute Gasteiger partial charge is 0.291 e. The molecule has 31 heavy (non-hydrogen) atoms. The van der Waals surface area contributed by atoms with Gasteiger partial charge in [-0.2, -0.15) is 5.10 Å². The molecule has 2 N–H and O–H groups in total. The zero-order valence-corrected chi connectivity index (χ0v) is 17.0. The SMILES string of the molecule is [C-]#[N+]CN(C)C(=O)CNC(=O)c1ccc2[nH]nc(C=Cc3ccc(F)cc3)c2c1OC. The highest BCUT2D eigenvalue weighted by Crippen LogP contribution is 2.32. The molecule has 2 amide bonds. The quantitative estimate of drug-likeness (QED) is 0.574. The third-order valence-electron chi connectivity index (χ3n) is 4.57. The molecule has 0 unspecified atom stereocenters. The molecule has 1 heterocycles. The van der Waals surface area contributed by atoms with Crippen LogP contribution in [0.4, 0.5) is 4.39 Å². The first-order chi connectivity index (χ1) is 14.9. The van der Waals surface area contributed by atoms with Gasteiger partial charge >= 0.3 is 0 Å². The highest BCUT2D eigenvalue weighted by Gasteiger charge is 2.20. The number of fused-ring (bicyclic) bond motifs is 1. The third-order valence-corrected chi connectivity index (χ3v) is 4.57. The van der Waals surface area contributed by atoms with Crippen molar-refractivity contribution >= 4 is 34.9 Å². The van der Waals surface area contributed by atoms with Crippen LogP contribution >= 0.6 is 0 Å². The molecular weight excluding hydrogens is 401 g/mol. The van der Waals surface area contributed by atoms with E-state index in [2.05, 4.69) is 20.4 Å². The maximum Gasteiger partial charge on any atom is 0.291 e. The molecule has 3 rings (SSSR count). The number of carbonyl (C=O) groups is 2. The predicted molar refractivity (Wildman–Crippen MR) is 115 cm³/mol. The van der Waals surface area contributed by atoms with Crippen molar-refractivity contribution in [2.75, 3.05) is 27.4 Å². The second-order valence-electron chi connectivity index (χ2n) is 6.64. The lowest BCUT2D eigenvalue weighted by molar-refractivity contribution is -0.128. The van der Waals surface area contributed by atoms with E-state index in [1.165, 1.54) is 31.2 Å². The van der Waals surface area contributed by atoms with Gasteiger partial charge in [-0.25, -0.2) is 11.0 Å². The first-order valence-corrected chi connectivity index (χ1v) is 9.28. The highest BCUT2D eigenvalue weighted by atomic mass is 19.1. The van der Waals surface area contributed by atoms with Crippen molar-refractivity contribution in [3.63, 3.8) is 0 Å². The Labute approximate surface area is 178 Å². The van der Waals surface area contributed by atoms with Gasteiger partial charge in [-0.1, -0.05) is 18.2 Å². The summed E-state index contributed by atoms with van der Waals surface area (Å²) in [4.78, 5) is 29.0. The van der Waals surface area contributed by atoms with Crippen LogP contribution in [0.1, 0.15) is 21.6 Å². The zero-order valence-electron chi connectivity index (χ0n) is 17.0. The van der Waals surface area contributed by atoms with Crippen LogP contribution in [0.3, 0.4) is 0 Å². The van der Waals surface area contributed by atoms with Gasteiger partial charge < -0.3 is 10.1 Å². The fraction of sp³-hybridized carbons (Fsp3) is 0.182. The number of hydrogen-bond acceptors (Lipinski definition) is 4. The van der Waals surface area contributed by atoms with E-state index in [1.807, 2.05) is 0 Å².